The molecule has 5 rings (SSSR count). The molecule has 0 unspecified atom stereocenters. The Kier molecular flexibility index (Phi) is 5.39. The van der Waals surface area contributed by atoms with Crippen molar-refractivity contribution >= 4 is 5.71 Å². The number of ether oxygens (including phenoxy) is 6. The van der Waals surface area contributed by atoms with Crippen LogP contribution < -0.4 is 0 Å². The van der Waals surface area contributed by atoms with Gasteiger partial charge in [0.15, 0.2) is 17.9 Å². The van der Waals surface area contributed by atoms with E-state index < -0.39 is 24.2 Å². The fourth-order valence-electron chi connectivity index (χ4n) is 5.26. The number of benzene rings is 1. The smallest absolute Gasteiger partial charge is 0.232 e. The van der Waals surface area contributed by atoms with Crippen LogP contribution in [0.25, 0.3) is 0 Å². The first-order chi connectivity index (χ1) is 15.0. The molecule has 32 heavy (non-hydrogen) atoms. The Bertz CT molecular complexity index is 904. The fourth-order valence-corrected chi connectivity index (χ4v) is 5.26. The molecular weight excluding hydrogens is 414 g/mol. The van der Waals surface area contributed by atoms with Crippen molar-refractivity contribution in [2.45, 2.75) is 103 Å². The number of hydrogen-bond acceptors (Lipinski definition) is 8. The van der Waals surface area contributed by atoms with Gasteiger partial charge in [-0.1, -0.05) is 22.9 Å². The van der Waals surface area contributed by atoms with Crippen molar-refractivity contribution in [2.24, 2.45) is 5.16 Å². The molecule has 0 saturated carbocycles. The Labute approximate surface area is 189 Å². The van der Waals surface area contributed by atoms with E-state index in [0.717, 1.165) is 11.3 Å². The van der Waals surface area contributed by atoms with Gasteiger partial charge < -0.3 is 33.3 Å². The quantitative estimate of drug-likeness (QED) is 0.699. The molecule has 4 heterocycles. The van der Waals surface area contributed by atoms with Gasteiger partial charge in [0.25, 0.3) is 0 Å². The molecule has 0 radical (unpaired) electrons. The van der Waals surface area contributed by atoms with Crippen LogP contribution in [0, 0.1) is 20.8 Å². The zero-order valence-electron chi connectivity index (χ0n) is 19.8. The molecule has 4 aliphatic rings. The van der Waals surface area contributed by atoms with E-state index in [4.69, 9.17) is 33.3 Å². The van der Waals surface area contributed by atoms with Gasteiger partial charge in [0, 0.05) is 5.56 Å². The highest BCUT2D eigenvalue weighted by atomic mass is 16.9. The molecule has 176 valence electrons. The van der Waals surface area contributed by atoms with Crippen LogP contribution in [0.5, 0.6) is 0 Å². The first-order valence-electron chi connectivity index (χ1n) is 11.3. The summed E-state index contributed by atoms with van der Waals surface area (Å²) in [5.74, 6) is -1.48. The Hall–Kier alpha value is -1.55. The van der Waals surface area contributed by atoms with Gasteiger partial charge in [-0.05, 0) is 59.6 Å². The van der Waals surface area contributed by atoms with Gasteiger partial charge in [-0.3, -0.25) is 0 Å². The average molecular weight is 448 g/mol. The number of rotatable bonds is 4. The van der Waals surface area contributed by atoms with E-state index in [9.17, 15) is 0 Å². The first-order valence-corrected chi connectivity index (χ1v) is 11.3. The van der Waals surface area contributed by atoms with Crippen LogP contribution in [0.2, 0.25) is 0 Å². The van der Waals surface area contributed by atoms with Crippen molar-refractivity contribution in [1.29, 1.82) is 0 Å². The Balaban J connectivity index is 1.25. The third kappa shape index (κ3) is 4.08. The monoisotopic (exact) mass is 447 g/mol. The van der Waals surface area contributed by atoms with Crippen LogP contribution in [-0.2, 0) is 33.3 Å². The molecule has 4 aliphatic heterocycles. The molecule has 0 amide bonds. The van der Waals surface area contributed by atoms with Crippen molar-refractivity contribution in [3.8, 4) is 0 Å². The van der Waals surface area contributed by atoms with E-state index in [1.165, 1.54) is 16.7 Å². The standard InChI is InChI=1S/C24H33NO7/c1-12-8-13(2)18(14(3)9-12)15-10-17(32-25-15)26-11-16-19-20(29-23(4,5)28-19)21-22(27-16)31-24(6,7)30-21/h8-9,16-17,19-22H,10-11H2,1-7H3/t16-,17-,19+,20+,21-,22-/m1/s1. The van der Waals surface area contributed by atoms with Gasteiger partial charge >= 0.3 is 0 Å². The SMILES string of the molecule is Cc1cc(C)c(C2=NO[C@@H](OC[C@H]3O[C@@H]4OC(C)(C)O[C@@H]4[C@H]4OC(C)(C)O[C@H]43)C2)c(C)c1. The predicted octanol–water partition coefficient (Wildman–Crippen LogP) is 3.48. The van der Waals surface area contributed by atoms with Crippen molar-refractivity contribution in [1.82, 2.24) is 0 Å². The minimum absolute atomic E-state index is 0.271. The second kappa shape index (κ2) is 7.75. The van der Waals surface area contributed by atoms with Crippen LogP contribution >= 0.6 is 0 Å². The molecule has 3 saturated heterocycles. The molecule has 6 atom stereocenters. The first kappa shape index (κ1) is 22.3. The predicted molar refractivity (Wildman–Crippen MR) is 115 cm³/mol. The van der Waals surface area contributed by atoms with Crippen molar-refractivity contribution in [2.75, 3.05) is 6.61 Å². The van der Waals surface area contributed by atoms with Gasteiger partial charge in [-0.2, -0.15) is 0 Å². The summed E-state index contributed by atoms with van der Waals surface area (Å²) in [6.45, 7) is 14.1. The van der Waals surface area contributed by atoms with E-state index in [-0.39, 0.29) is 31.0 Å². The van der Waals surface area contributed by atoms with Crippen LogP contribution in [0.3, 0.4) is 0 Å². The molecule has 0 aromatic heterocycles. The fraction of sp³-hybridized carbons (Fsp3) is 0.708. The second-order valence-electron chi connectivity index (χ2n) is 10.1. The van der Waals surface area contributed by atoms with Crippen LogP contribution in [-0.4, -0.2) is 60.9 Å². The number of oxime groups is 1. The maximum absolute atomic E-state index is 6.21. The molecular formula is C24H33NO7. The number of fused-ring (bicyclic) bond motifs is 3. The van der Waals surface area contributed by atoms with Crippen LogP contribution in [0.15, 0.2) is 17.3 Å². The topological polar surface area (TPSA) is 77.0 Å². The lowest BCUT2D eigenvalue weighted by molar-refractivity contribution is -0.254. The summed E-state index contributed by atoms with van der Waals surface area (Å²) >= 11 is 0. The van der Waals surface area contributed by atoms with E-state index in [2.05, 4.69) is 38.1 Å². The molecule has 8 nitrogen and oxygen atoms in total. The van der Waals surface area contributed by atoms with E-state index >= 15 is 0 Å². The Morgan fingerprint density at radius 2 is 1.53 bits per heavy atom. The van der Waals surface area contributed by atoms with Gasteiger partial charge in [-0.25, -0.2) is 0 Å². The van der Waals surface area contributed by atoms with Crippen LogP contribution in [0.4, 0.5) is 0 Å². The number of nitrogens with zero attached hydrogens (tertiary/aromatic N) is 1. The summed E-state index contributed by atoms with van der Waals surface area (Å²) in [5, 5.41) is 4.31. The number of hydrogen-bond donors (Lipinski definition) is 0. The summed E-state index contributed by atoms with van der Waals surface area (Å²) in [6.07, 6.45) is -1.79. The third-order valence-corrected chi connectivity index (χ3v) is 6.30. The highest BCUT2D eigenvalue weighted by molar-refractivity contribution is 6.03. The molecule has 1 aromatic carbocycles. The van der Waals surface area contributed by atoms with Gasteiger partial charge in [-0.15, -0.1) is 0 Å². The summed E-state index contributed by atoms with van der Waals surface area (Å²) in [7, 11) is 0. The van der Waals surface area contributed by atoms with Crippen molar-refractivity contribution in [3.63, 3.8) is 0 Å². The zero-order valence-corrected chi connectivity index (χ0v) is 19.8. The highest BCUT2D eigenvalue weighted by Crippen LogP contribution is 2.44. The average Bonchev–Trinajstić information content (AvgIpc) is 3.33. The summed E-state index contributed by atoms with van der Waals surface area (Å²) in [5.41, 5.74) is 5.65. The van der Waals surface area contributed by atoms with Gasteiger partial charge in [0.1, 0.15) is 24.4 Å². The molecule has 0 spiro atoms. The van der Waals surface area contributed by atoms with Crippen LogP contribution in [0.1, 0.15) is 56.4 Å². The lowest BCUT2D eigenvalue weighted by atomic mass is 9.95. The largest absolute Gasteiger partial charge is 0.363 e. The maximum Gasteiger partial charge on any atom is 0.232 e. The molecule has 1 aromatic rings. The second-order valence-corrected chi connectivity index (χ2v) is 10.1. The van der Waals surface area contributed by atoms with Gasteiger partial charge in [0.2, 0.25) is 6.29 Å². The van der Waals surface area contributed by atoms with Crippen molar-refractivity contribution in [3.05, 3.63) is 34.4 Å². The number of aryl methyl sites for hydroxylation is 3. The van der Waals surface area contributed by atoms with E-state index in [0.29, 0.717) is 6.42 Å². The minimum atomic E-state index is -0.743. The minimum Gasteiger partial charge on any atom is -0.363 e. The van der Waals surface area contributed by atoms with Crippen molar-refractivity contribution < 1.29 is 33.3 Å². The molecule has 0 aliphatic carbocycles. The zero-order chi connectivity index (χ0) is 22.8. The molecule has 0 N–H and O–H groups in total. The molecule has 3 fully saturated rings. The van der Waals surface area contributed by atoms with E-state index in [1.54, 1.807) is 0 Å². The highest BCUT2D eigenvalue weighted by Gasteiger charge is 2.60. The lowest BCUT2D eigenvalue weighted by Crippen LogP contribution is -2.56. The molecule has 0 bridgehead atoms. The summed E-state index contributed by atoms with van der Waals surface area (Å²) < 4.78 is 36.6. The Morgan fingerprint density at radius 3 is 2.25 bits per heavy atom. The third-order valence-electron chi connectivity index (χ3n) is 6.30. The lowest BCUT2D eigenvalue weighted by Gasteiger charge is -2.37. The summed E-state index contributed by atoms with van der Waals surface area (Å²) in [6, 6.07) is 4.33. The maximum atomic E-state index is 6.21. The normalized spacial score (nSPS) is 37.0. The van der Waals surface area contributed by atoms with Gasteiger partial charge in [0.05, 0.1) is 18.7 Å². The molecule has 8 heteroatoms. The van der Waals surface area contributed by atoms with E-state index in [1.807, 2.05) is 27.7 Å². The Morgan fingerprint density at radius 1 is 0.906 bits per heavy atom. The summed E-state index contributed by atoms with van der Waals surface area (Å²) in [4.78, 5) is 5.61.